The summed E-state index contributed by atoms with van der Waals surface area (Å²) < 4.78 is 11.0. The largest absolute Gasteiger partial charge is 0.545 e. The number of carbonyl (C=O) groups is 4. The monoisotopic (exact) mass is 473 g/mol. The van der Waals surface area contributed by atoms with Gasteiger partial charge < -0.3 is 19.4 Å². The van der Waals surface area contributed by atoms with Crippen LogP contribution in [0.2, 0.25) is 0 Å². The van der Waals surface area contributed by atoms with Crippen molar-refractivity contribution in [3.8, 4) is 11.5 Å². The van der Waals surface area contributed by atoms with Crippen molar-refractivity contribution in [3.63, 3.8) is 0 Å². The van der Waals surface area contributed by atoms with Crippen molar-refractivity contribution in [2.45, 2.75) is 0 Å². The molecular formula is C20H14BrN2O7-. The minimum absolute atomic E-state index is 0.0920. The SMILES string of the molecule is COc1cc(/C=C2\C(=O)NC(=O)N(c3ccc(C(=O)[O-])cc3)C2=O)cc(Br)c1OC. The summed E-state index contributed by atoms with van der Waals surface area (Å²) in [5.41, 5.74) is 0.123. The van der Waals surface area contributed by atoms with E-state index in [2.05, 4.69) is 21.2 Å². The first kappa shape index (κ1) is 21.1. The van der Waals surface area contributed by atoms with Crippen molar-refractivity contribution in [3.05, 3.63) is 57.6 Å². The second-order valence-electron chi connectivity index (χ2n) is 6.03. The number of benzene rings is 2. The summed E-state index contributed by atoms with van der Waals surface area (Å²) in [6.07, 6.45) is 1.30. The second-order valence-corrected chi connectivity index (χ2v) is 6.88. The van der Waals surface area contributed by atoms with E-state index in [0.717, 1.165) is 4.90 Å². The van der Waals surface area contributed by atoms with Gasteiger partial charge in [-0.05, 0) is 57.4 Å². The van der Waals surface area contributed by atoms with Crippen molar-refractivity contribution in [2.75, 3.05) is 19.1 Å². The van der Waals surface area contributed by atoms with Crippen molar-refractivity contribution in [1.82, 2.24) is 5.32 Å². The normalized spacial score (nSPS) is 15.2. The fourth-order valence-corrected chi connectivity index (χ4v) is 3.45. The molecule has 1 saturated heterocycles. The molecule has 1 heterocycles. The molecule has 4 amide bonds. The van der Waals surface area contributed by atoms with Crippen molar-refractivity contribution >= 4 is 51.5 Å². The van der Waals surface area contributed by atoms with Gasteiger partial charge in [-0.1, -0.05) is 12.1 Å². The lowest BCUT2D eigenvalue weighted by atomic mass is 10.1. The molecule has 0 unspecified atom stereocenters. The molecule has 1 aliphatic heterocycles. The van der Waals surface area contributed by atoms with E-state index in [4.69, 9.17) is 9.47 Å². The Balaban J connectivity index is 2.02. The van der Waals surface area contributed by atoms with E-state index in [9.17, 15) is 24.3 Å². The summed E-state index contributed by atoms with van der Waals surface area (Å²) in [4.78, 5) is 49.1. The third-order valence-corrected chi connectivity index (χ3v) is 4.82. The number of urea groups is 1. The number of amides is 4. The van der Waals surface area contributed by atoms with Crippen LogP contribution in [0.5, 0.6) is 11.5 Å². The van der Waals surface area contributed by atoms with E-state index in [1.165, 1.54) is 44.6 Å². The van der Waals surface area contributed by atoms with Crippen LogP contribution in [0.1, 0.15) is 15.9 Å². The molecule has 0 bridgehead atoms. The summed E-state index contributed by atoms with van der Waals surface area (Å²) in [7, 11) is 2.91. The molecule has 2 aromatic rings. The molecule has 154 valence electrons. The minimum atomic E-state index is -1.40. The Kier molecular flexibility index (Phi) is 5.88. The van der Waals surface area contributed by atoms with Crippen LogP contribution >= 0.6 is 15.9 Å². The van der Waals surface area contributed by atoms with Gasteiger partial charge in [-0.2, -0.15) is 0 Å². The number of hydrogen-bond acceptors (Lipinski definition) is 7. The smallest absolute Gasteiger partial charge is 0.335 e. The molecule has 0 atom stereocenters. The summed E-state index contributed by atoms with van der Waals surface area (Å²) in [6.45, 7) is 0. The molecule has 1 N–H and O–H groups in total. The number of nitrogens with zero attached hydrogens (tertiary/aromatic N) is 1. The molecule has 1 aliphatic rings. The van der Waals surface area contributed by atoms with Crippen LogP contribution < -0.4 is 24.8 Å². The molecule has 0 aromatic heterocycles. The Bertz CT molecular complexity index is 1090. The van der Waals surface area contributed by atoms with Crippen molar-refractivity contribution in [1.29, 1.82) is 0 Å². The van der Waals surface area contributed by atoms with Gasteiger partial charge >= 0.3 is 6.03 Å². The van der Waals surface area contributed by atoms with Crippen LogP contribution in [0.4, 0.5) is 10.5 Å². The molecule has 0 aliphatic carbocycles. The Morgan fingerprint density at radius 2 is 1.77 bits per heavy atom. The lowest BCUT2D eigenvalue weighted by Gasteiger charge is -2.26. The van der Waals surface area contributed by atoms with Crippen LogP contribution in [0.3, 0.4) is 0 Å². The third-order valence-electron chi connectivity index (χ3n) is 4.23. The number of ether oxygens (including phenoxy) is 2. The highest BCUT2D eigenvalue weighted by molar-refractivity contribution is 9.10. The predicted molar refractivity (Wildman–Crippen MR) is 107 cm³/mol. The Hall–Kier alpha value is -3.66. The molecular weight excluding hydrogens is 460 g/mol. The molecule has 9 nitrogen and oxygen atoms in total. The number of imide groups is 2. The van der Waals surface area contributed by atoms with E-state index in [1.807, 2.05) is 0 Å². The average Bonchev–Trinajstić information content (AvgIpc) is 2.70. The Morgan fingerprint density at radius 1 is 1.10 bits per heavy atom. The topological polar surface area (TPSA) is 125 Å². The Morgan fingerprint density at radius 3 is 2.33 bits per heavy atom. The van der Waals surface area contributed by atoms with Crippen LogP contribution in [0, 0.1) is 0 Å². The maximum atomic E-state index is 12.9. The highest BCUT2D eigenvalue weighted by Gasteiger charge is 2.36. The minimum Gasteiger partial charge on any atom is -0.545 e. The maximum absolute atomic E-state index is 12.9. The summed E-state index contributed by atoms with van der Waals surface area (Å²) in [6, 6.07) is 7.15. The number of methoxy groups -OCH3 is 2. The van der Waals surface area contributed by atoms with Crippen LogP contribution in [-0.4, -0.2) is 38.0 Å². The summed E-state index contributed by atoms with van der Waals surface area (Å²) in [5.74, 6) is -2.32. The van der Waals surface area contributed by atoms with Crippen LogP contribution in [0.25, 0.3) is 6.08 Å². The molecule has 1 fully saturated rings. The highest BCUT2D eigenvalue weighted by Crippen LogP contribution is 2.37. The lowest BCUT2D eigenvalue weighted by Crippen LogP contribution is -2.54. The number of carbonyl (C=O) groups excluding carboxylic acids is 4. The number of halogens is 1. The van der Waals surface area contributed by atoms with Gasteiger partial charge in [0.25, 0.3) is 11.8 Å². The zero-order chi connectivity index (χ0) is 22.0. The van der Waals surface area contributed by atoms with Crippen LogP contribution in [-0.2, 0) is 9.59 Å². The molecule has 10 heteroatoms. The van der Waals surface area contributed by atoms with Crippen molar-refractivity contribution in [2.24, 2.45) is 0 Å². The quantitative estimate of drug-likeness (QED) is 0.514. The van der Waals surface area contributed by atoms with Gasteiger partial charge in [0.15, 0.2) is 11.5 Å². The fourth-order valence-electron chi connectivity index (χ4n) is 2.83. The average molecular weight is 474 g/mol. The maximum Gasteiger partial charge on any atom is 0.335 e. The number of hydrogen-bond donors (Lipinski definition) is 1. The zero-order valence-corrected chi connectivity index (χ0v) is 17.3. The van der Waals surface area contributed by atoms with E-state index in [-0.39, 0.29) is 16.8 Å². The van der Waals surface area contributed by atoms with E-state index >= 15 is 0 Å². The van der Waals surface area contributed by atoms with Gasteiger partial charge in [0.2, 0.25) is 0 Å². The van der Waals surface area contributed by atoms with E-state index < -0.39 is 23.8 Å². The molecule has 0 spiro atoms. The molecule has 3 rings (SSSR count). The number of rotatable bonds is 5. The standard InChI is InChI=1S/C20H15BrN2O7/c1-29-15-9-10(8-14(21)16(15)30-2)7-13-17(24)22-20(28)23(18(13)25)12-5-3-11(4-6-12)19(26)27/h3-9H,1-2H3,(H,26,27)(H,22,24,28)/p-1/b13-7+. The third kappa shape index (κ3) is 3.90. The van der Waals surface area contributed by atoms with Gasteiger partial charge in [-0.3, -0.25) is 14.9 Å². The van der Waals surface area contributed by atoms with Gasteiger partial charge in [0.05, 0.1) is 30.3 Å². The number of nitrogens with one attached hydrogen (secondary N) is 1. The second kappa shape index (κ2) is 8.37. The first-order chi connectivity index (χ1) is 14.3. The molecule has 0 saturated carbocycles. The predicted octanol–water partition coefficient (Wildman–Crippen LogP) is 1.50. The lowest BCUT2D eigenvalue weighted by molar-refractivity contribution is -0.255. The number of anilines is 1. The number of carboxylic acid groups (broad SMARTS) is 1. The van der Waals surface area contributed by atoms with Gasteiger partial charge in [0.1, 0.15) is 5.57 Å². The highest BCUT2D eigenvalue weighted by atomic mass is 79.9. The fraction of sp³-hybridized carbons (Fsp3) is 0.100. The number of aromatic carboxylic acids is 1. The summed E-state index contributed by atoms with van der Waals surface area (Å²) in [5, 5.41) is 13.0. The Labute approximate surface area is 179 Å². The number of carboxylic acids is 1. The van der Waals surface area contributed by atoms with Crippen molar-refractivity contribution < 1.29 is 33.8 Å². The first-order valence-corrected chi connectivity index (χ1v) is 9.20. The van der Waals surface area contributed by atoms with E-state index in [1.54, 1.807) is 12.1 Å². The van der Waals surface area contributed by atoms with Crippen LogP contribution in [0.15, 0.2) is 46.4 Å². The van der Waals surface area contributed by atoms with Gasteiger partial charge in [0, 0.05) is 0 Å². The number of barbiturate groups is 1. The van der Waals surface area contributed by atoms with Gasteiger partial charge in [-0.25, -0.2) is 9.69 Å². The molecule has 0 radical (unpaired) electrons. The molecule has 2 aromatic carbocycles. The first-order valence-electron chi connectivity index (χ1n) is 8.41. The van der Waals surface area contributed by atoms with E-state index in [0.29, 0.717) is 21.5 Å². The zero-order valence-electron chi connectivity index (χ0n) is 15.7. The summed E-state index contributed by atoms with van der Waals surface area (Å²) >= 11 is 3.33. The molecule has 30 heavy (non-hydrogen) atoms. The van der Waals surface area contributed by atoms with Gasteiger partial charge in [-0.15, -0.1) is 0 Å².